The Morgan fingerprint density at radius 1 is 1.07 bits per heavy atom. The number of hydrogen-bond acceptors (Lipinski definition) is 5. The number of rotatable bonds is 9. The third-order valence-electron chi connectivity index (χ3n) is 4.29. The minimum absolute atomic E-state index is 0.101. The standard InChI is InChI=1S/C20H26N2O5S/c1-22(28(2,25)26)14-19(23)18(13-16-9-5-3-6-10-16)21-20(24)27-15-17-11-7-4-8-12-17/h3-12,18-19,23H,13-15H2,1-2H3,(H,21,24). The summed E-state index contributed by atoms with van der Waals surface area (Å²) in [5.41, 5.74) is 1.74. The molecule has 0 aromatic heterocycles. The molecule has 152 valence electrons. The fourth-order valence-corrected chi connectivity index (χ4v) is 3.02. The van der Waals surface area contributed by atoms with E-state index in [1.54, 1.807) is 0 Å². The zero-order valence-corrected chi connectivity index (χ0v) is 16.8. The molecule has 0 fully saturated rings. The van der Waals surface area contributed by atoms with Gasteiger partial charge in [-0.1, -0.05) is 60.7 Å². The number of nitrogens with zero attached hydrogens (tertiary/aromatic N) is 1. The van der Waals surface area contributed by atoms with Gasteiger partial charge in [-0.05, 0) is 17.5 Å². The highest BCUT2D eigenvalue weighted by molar-refractivity contribution is 7.88. The second-order valence-electron chi connectivity index (χ2n) is 6.61. The number of ether oxygens (including phenoxy) is 1. The van der Waals surface area contributed by atoms with Crippen molar-refractivity contribution in [3.8, 4) is 0 Å². The number of amides is 1. The first-order valence-corrected chi connectivity index (χ1v) is 10.7. The minimum Gasteiger partial charge on any atom is -0.445 e. The van der Waals surface area contributed by atoms with Crippen LogP contribution in [0.2, 0.25) is 0 Å². The first kappa shape index (κ1) is 21.9. The maximum Gasteiger partial charge on any atom is 0.407 e. The van der Waals surface area contributed by atoms with E-state index in [9.17, 15) is 18.3 Å². The normalized spacial score (nSPS) is 13.7. The van der Waals surface area contributed by atoms with Crippen molar-refractivity contribution < 1.29 is 23.1 Å². The first-order chi connectivity index (χ1) is 13.3. The molecule has 0 radical (unpaired) electrons. The van der Waals surface area contributed by atoms with E-state index in [1.807, 2.05) is 60.7 Å². The van der Waals surface area contributed by atoms with Gasteiger partial charge in [0.05, 0.1) is 18.4 Å². The summed E-state index contributed by atoms with van der Waals surface area (Å²) in [6, 6.07) is 17.9. The predicted molar refractivity (Wildman–Crippen MR) is 107 cm³/mol. The molecule has 2 aromatic carbocycles. The zero-order chi connectivity index (χ0) is 20.6. The van der Waals surface area contributed by atoms with Crippen LogP contribution in [0.5, 0.6) is 0 Å². The molecule has 8 heteroatoms. The van der Waals surface area contributed by atoms with Crippen LogP contribution in [0.25, 0.3) is 0 Å². The quantitative estimate of drug-likeness (QED) is 0.662. The van der Waals surface area contributed by atoms with Crippen molar-refractivity contribution >= 4 is 16.1 Å². The van der Waals surface area contributed by atoms with Crippen LogP contribution in [-0.4, -0.2) is 55.9 Å². The number of sulfonamides is 1. The smallest absolute Gasteiger partial charge is 0.407 e. The highest BCUT2D eigenvalue weighted by Gasteiger charge is 2.26. The van der Waals surface area contributed by atoms with Gasteiger partial charge in [0.25, 0.3) is 0 Å². The number of benzene rings is 2. The number of alkyl carbamates (subject to hydrolysis) is 1. The summed E-state index contributed by atoms with van der Waals surface area (Å²) in [7, 11) is -2.07. The molecule has 2 rings (SSSR count). The third-order valence-corrected chi connectivity index (χ3v) is 5.57. The van der Waals surface area contributed by atoms with Crippen LogP contribution >= 0.6 is 0 Å². The number of hydrogen-bond donors (Lipinski definition) is 2. The van der Waals surface area contributed by atoms with Crippen LogP contribution in [0.15, 0.2) is 60.7 Å². The molecule has 0 heterocycles. The summed E-state index contributed by atoms with van der Waals surface area (Å²) >= 11 is 0. The van der Waals surface area contributed by atoms with E-state index in [0.717, 1.165) is 21.7 Å². The van der Waals surface area contributed by atoms with E-state index in [1.165, 1.54) is 7.05 Å². The summed E-state index contributed by atoms with van der Waals surface area (Å²) in [5, 5.41) is 13.2. The van der Waals surface area contributed by atoms with E-state index in [4.69, 9.17) is 4.74 Å². The molecule has 0 saturated heterocycles. The SMILES string of the molecule is CN(CC(O)C(Cc1ccccc1)NC(=O)OCc1ccccc1)S(C)(=O)=O. The molecule has 2 N–H and O–H groups in total. The number of nitrogens with one attached hydrogen (secondary N) is 1. The lowest BCUT2D eigenvalue weighted by molar-refractivity contribution is 0.0922. The summed E-state index contributed by atoms with van der Waals surface area (Å²) in [6.45, 7) is -0.0423. The van der Waals surface area contributed by atoms with Gasteiger partial charge in [0, 0.05) is 13.6 Å². The second-order valence-corrected chi connectivity index (χ2v) is 8.70. The lowest BCUT2D eigenvalue weighted by Crippen LogP contribution is -2.49. The molecule has 0 aliphatic carbocycles. The monoisotopic (exact) mass is 406 g/mol. The van der Waals surface area contributed by atoms with Gasteiger partial charge in [0.15, 0.2) is 0 Å². The maximum absolute atomic E-state index is 12.2. The molecule has 28 heavy (non-hydrogen) atoms. The third kappa shape index (κ3) is 7.30. The van der Waals surface area contributed by atoms with E-state index >= 15 is 0 Å². The van der Waals surface area contributed by atoms with Crippen molar-refractivity contribution in [3.05, 3.63) is 71.8 Å². The van der Waals surface area contributed by atoms with E-state index in [2.05, 4.69) is 5.32 Å². The highest BCUT2D eigenvalue weighted by atomic mass is 32.2. The molecular weight excluding hydrogens is 380 g/mol. The Hall–Kier alpha value is -2.42. The van der Waals surface area contributed by atoms with Crippen LogP contribution in [0, 0.1) is 0 Å². The molecule has 2 unspecified atom stereocenters. The summed E-state index contributed by atoms with van der Waals surface area (Å²) in [5.74, 6) is 0. The van der Waals surface area contributed by atoms with Crippen LogP contribution in [0.3, 0.4) is 0 Å². The molecule has 0 saturated carbocycles. The van der Waals surface area contributed by atoms with Crippen molar-refractivity contribution in [1.82, 2.24) is 9.62 Å². The summed E-state index contributed by atoms with van der Waals surface area (Å²) in [4.78, 5) is 12.2. The zero-order valence-electron chi connectivity index (χ0n) is 16.0. The Balaban J connectivity index is 2.03. The largest absolute Gasteiger partial charge is 0.445 e. The first-order valence-electron chi connectivity index (χ1n) is 8.86. The highest BCUT2D eigenvalue weighted by Crippen LogP contribution is 2.10. The Labute approximate surface area is 166 Å². The number of carbonyl (C=O) groups excluding carboxylic acids is 1. The minimum atomic E-state index is -3.45. The Kier molecular flexibility index (Phi) is 7.98. The average molecular weight is 407 g/mol. The topological polar surface area (TPSA) is 95.9 Å². The molecular formula is C20H26N2O5S. The molecule has 0 aliphatic rings. The summed E-state index contributed by atoms with van der Waals surface area (Å²) in [6.07, 6.45) is -0.386. The van der Waals surface area contributed by atoms with Crippen LogP contribution < -0.4 is 5.32 Å². The van der Waals surface area contributed by atoms with Gasteiger partial charge in [-0.2, -0.15) is 0 Å². The van der Waals surface area contributed by atoms with Crippen LogP contribution in [0.1, 0.15) is 11.1 Å². The van der Waals surface area contributed by atoms with Crippen molar-refractivity contribution in [3.63, 3.8) is 0 Å². The van der Waals surface area contributed by atoms with Gasteiger partial charge >= 0.3 is 6.09 Å². The number of carbonyl (C=O) groups is 1. The lowest BCUT2D eigenvalue weighted by atomic mass is 10.0. The molecule has 0 aliphatic heterocycles. The number of aliphatic hydroxyl groups excluding tert-OH is 1. The molecule has 1 amide bonds. The Morgan fingerprint density at radius 2 is 1.61 bits per heavy atom. The fraction of sp³-hybridized carbons (Fsp3) is 0.350. The lowest BCUT2D eigenvalue weighted by Gasteiger charge is -2.27. The second kappa shape index (κ2) is 10.2. The van der Waals surface area contributed by atoms with E-state index in [0.29, 0.717) is 6.42 Å². The Morgan fingerprint density at radius 3 is 2.14 bits per heavy atom. The predicted octanol–water partition coefficient (Wildman–Crippen LogP) is 1.78. The maximum atomic E-state index is 12.2. The van der Waals surface area contributed by atoms with Crippen LogP contribution in [0.4, 0.5) is 4.79 Å². The van der Waals surface area contributed by atoms with Crippen molar-refractivity contribution in [1.29, 1.82) is 0 Å². The molecule has 2 aromatic rings. The molecule has 7 nitrogen and oxygen atoms in total. The average Bonchev–Trinajstić information content (AvgIpc) is 2.66. The van der Waals surface area contributed by atoms with Crippen molar-refractivity contribution in [2.45, 2.75) is 25.2 Å². The van der Waals surface area contributed by atoms with Gasteiger partial charge in [0.1, 0.15) is 6.61 Å². The van der Waals surface area contributed by atoms with Gasteiger partial charge in [-0.25, -0.2) is 17.5 Å². The summed E-state index contributed by atoms with van der Waals surface area (Å²) < 4.78 is 29.5. The Bertz CT molecular complexity index is 843. The van der Waals surface area contributed by atoms with Gasteiger partial charge < -0.3 is 15.2 Å². The molecule has 0 spiro atoms. The van der Waals surface area contributed by atoms with E-state index < -0.39 is 28.3 Å². The molecule has 0 bridgehead atoms. The number of aliphatic hydroxyl groups is 1. The van der Waals surface area contributed by atoms with Gasteiger partial charge in [-0.15, -0.1) is 0 Å². The molecule has 2 atom stereocenters. The van der Waals surface area contributed by atoms with E-state index in [-0.39, 0.29) is 13.2 Å². The number of likely N-dealkylation sites (N-methyl/N-ethyl adjacent to an activating group) is 1. The van der Waals surface area contributed by atoms with Gasteiger partial charge in [0.2, 0.25) is 10.0 Å². The fourth-order valence-electron chi connectivity index (χ4n) is 2.59. The van der Waals surface area contributed by atoms with Crippen LogP contribution in [-0.2, 0) is 27.8 Å². The van der Waals surface area contributed by atoms with Crippen molar-refractivity contribution in [2.75, 3.05) is 19.8 Å². The van der Waals surface area contributed by atoms with Gasteiger partial charge in [-0.3, -0.25) is 0 Å². The van der Waals surface area contributed by atoms with Crippen molar-refractivity contribution in [2.24, 2.45) is 0 Å².